The van der Waals surface area contributed by atoms with Crippen LogP contribution < -0.4 is 0 Å². The van der Waals surface area contributed by atoms with E-state index in [9.17, 15) is 4.79 Å². The van der Waals surface area contributed by atoms with Crippen molar-refractivity contribution in [3.8, 4) is 0 Å². The Hall–Kier alpha value is -1.03. The van der Waals surface area contributed by atoms with Crippen LogP contribution in [-0.2, 0) is 6.54 Å². The van der Waals surface area contributed by atoms with Crippen LogP contribution in [0.1, 0.15) is 29.4 Å². The summed E-state index contributed by atoms with van der Waals surface area (Å²) in [6.45, 7) is 2.62. The first-order valence-electron chi connectivity index (χ1n) is 5.75. The van der Waals surface area contributed by atoms with Gasteiger partial charge in [0.15, 0.2) is 0 Å². The monoisotopic (exact) mass is 316 g/mol. The van der Waals surface area contributed by atoms with Crippen molar-refractivity contribution in [3.05, 3.63) is 50.7 Å². The van der Waals surface area contributed by atoms with Crippen molar-refractivity contribution in [2.45, 2.75) is 19.9 Å². The van der Waals surface area contributed by atoms with E-state index >= 15 is 0 Å². The maximum Gasteiger partial charge on any atom is 0.214 e. The van der Waals surface area contributed by atoms with Crippen molar-refractivity contribution in [2.75, 3.05) is 0 Å². The fourth-order valence-corrected chi connectivity index (χ4v) is 2.49. The zero-order chi connectivity index (χ0) is 14.0. The van der Waals surface area contributed by atoms with E-state index in [2.05, 4.69) is 5.10 Å². The molecule has 1 heterocycles. The zero-order valence-corrected chi connectivity index (χ0v) is 12.4. The number of aromatic nitrogens is 2. The van der Waals surface area contributed by atoms with E-state index in [1.165, 1.54) is 12.3 Å². The van der Waals surface area contributed by atoms with Crippen LogP contribution in [0.3, 0.4) is 0 Å². The summed E-state index contributed by atoms with van der Waals surface area (Å²) in [7, 11) is 0. The third kappa shape index (κ3) is 2.94. The fourth-order valence-electron chi connectivity index (χ4n) is 1.77. The van der Waals surface area contributed by atoms with Gasteiger partial charge in [-0.1, -0.05) is 41.7 Å². The van der Waals surface area contributed by atoms with Crippen molar-refractivity contribution < 1.29 is 4.79 Å². The highest BCUT2D eigenvalue weighted by molar-refractivity contribution is 6.39. The Morgan fingerprint density at radius 2 is 2.00 bits per heavy atom. The third-order valence-corrected chi connectivity index (χ3v) is 3.45. The van der Waals surface area contributed by atoms with Crippen molar-refractivity contribution in [1.82, 2.24) is 9.78 Å². The molecule has 3 nitrogen and oxygen atoms in total. The van der Waals surface area contributed by atoms with Crippen LogP contribution in [-0.4, -0.2) is 15.6 Å². The van der Waals surface area contributed by atoms with Gasteiger partial charge in [-0.15, -0.1) is 0 Å². The molecule has 0 spiro atoms. The summed E-state index contributed by atoms with van der Waals surface area (Å²) in [5.74, 6) is -0.252. The van der Waals surface area contributed by atoms with Crippen LogP contribution in [0.15, 0.2) is 24.4 Å². The van der Waals surface area contributed by atoms with E-state index in [1.54, 1.807) is 16.8 Å². The summed E-state index contributed by atoms with van der Waals surface area (Å²) >= 11 is 17.9. The molecule has 0 aliphatic rings. The lowest BCUT2D eigenvalue weighted by molar-refractivity contribution is 0.102. The van der Waals surface area contributed by atoms with E-state index in [4.69, 9.17) is 34.8 Å². The maximum atomic E-state index is 12.5. The van der Waals surface area contributed by atoms with Gasteiger partial charge in [-0.05, 0) is 24.6 Å². The van der Waals surface area contributed by atoms with E-state index < -0.39 is 0 Å². The Morgan fingerprint density at radius 3 is 2.63 bits per heavy atom. The first-order valence-corrected chi connectivity index (χ1v) is 6.89. The minimum absolute atomic E-state index is 0.252. The van der Waals surface area contributed by atoms with E-state index in [0.717, 1.165) is 6.42 Å². The van der Waals surface area contributed by atoms with E-state index in [0.29, 0.717) is 32.9 Å². The highest BCUT2D eigenvalue weighted by Crippen LogP contribution is 2.26. The lowest BCUT2D eigenvalue weighted by Gasteiger charge is -2.07. The van der Waals surface area contributed by atoms with Gasteiger partial charge in [0.25, 0.3) is 0 Å². The molecule has 6 heteroatoms. The topological polar surface area (TPSA) is 34.9 Å². The fraction of sp³-hybridized carbons (Fsp3) is 0.231. The molecule has 0 aliphatic carbocycles. The normalized spacial score (nSPS) is 10.7. The number of carbonyl (C=O) groups excluding carboxylic acids is 1. The van der Waals surface area contributed by atoms with Gasteiger partial charge in [0.2, 0.25) is 5.78 Å². The molecule has 0 amide bonds. The van der Waals surface area contributed by atoms with Gasteiger partial charge in [-0.3, -0.25) is 9.48 Å². The third-order valence-electron chi connectivity index (χ3n) is 2.62. The Bertz CT molecular complexity index is 622. The molecule has 0 aliphatic heterocycles. The number of carbonyl (C=O) groups is 1. The van der Waals surface area contributed by atoms with Crippen molar-refractivity contribution in [2.24, 2.45) is 0 Å². The molecule has 100 valence electrons. The quantitative estimate of drug-likeness (QED) is 0.779. The number of hydrogen-bond donors (Lipinski definition) is 0. The minimum Gasteiger partial charge on any atom is -0.287 e. The molecule has 0 saturated heterocycles. The summed E-state index contributed by atoms with van der Waals surface area (Å²) in [6.07, 6.45) is 2.32. The van der Waals surface area contributed by atoms with E-state index in [1.807, 2.05) is 6.92 Å². The molecule has 19 heavy (non-hydrogen) atoms. The zero-order valence-electron chi connectivity index (χ0n) is 10.2. The number of ketones is 1. The molecule has 0 unspecified atom stereocenters. The number of benzene rings is 1. The number of aryl methyl sites for hydroxylation is 1. The smallest absolute Gasteiger partial charge is 0.214 e. The molecule has 1 aromatic carbocycles. The number of nitrogens with zero attached hydrogens (tertiary/aromatic N) is 2. The number of halogens is 3. The molecule has 0 bridgehead atoms. The maximum absolute atomic E-state index is 12.5. The van der Waals surface area contributed by atoms with Crippen LogP contribution in [0, 0.1) is 0 Å². The SMILES string of the molecule is CCCn1ncc(Cl)c1C(=O)c1ccc(Cl)cc1Cl. The van der Waals surface area contributed by atoms with Gasteiger partial charge in [0.05, 0.1) is 16.2 Å². The summed E-state index contributed by atoms with van der Waals surface area (Å²) in [4.78, 5) is 12.5. The molecule has 1 aromatic heterocycles. The van der Waals surface area contributed by atoms with Crippen LogP contribution in [0.2, 0.25) is 15.1 Å². The molecule has 2 rings (SSSR count). The molecule has 0 saturated carbocycles. The molecule has 0 atom stereocenters. The van der Waals surface area contributed by atoms with Gasteiger partial charge in [-0.25, -0.2) is 0 Å². The minimum atomic E-state index is -0.252. The second-order valence-corrected chi connectivity index (χ2v) is 5.27. The predicted molar refractivity (Wildman–Crippen MR) is 77.4 cm³/mol. The van der Waals surface area contributed by atoms with Crippen LogP contribution in [0.25, 0.3) is 0 Å². The van der Waals surface area contributed by atoms with E-state index in [-0.39, 0.29) is 5.78 Å². The van der Waals surface area contributed by atoms with Crippen LogP contribution in [0.5, 0.6) is 0 Å². The van der Waals surface area contributed by atoms with Gasteiger partial charge >= 0.3 is 0 Å². The summed E-state index contributed by atoms with van der Waals surface area (Å²) in [6, 6.07) is 4.74. The molecule has 2 aromatic rings. The molecular weight excluding hydrogens is 307 g/mol. The summed E-state index contributed by atoms with van der Waals surface area (Å²) < 4.78 is 1.59. The second kappa shape index (κ2) is 5.95. The standard InChI is InChI=1S/C13H11Cl3N2O/c1-2-5-18-12(11(16)7-17-18)13(19)9-4-3-8(14)6-10(9)15/h3-4,6-7H,2,5H2,1H3. The summed E-state index contributed by atoms with van der Waals surface area (Å²) in [5.41, 5.74) is 0.721. The Balaban J connectivity index is 2.46. The lowest BCUT2D eigenvalue weighted by atomic mass is 10.1. The van der Waals surface area contributed by atoms with Gasteiger partial charge in [0.1, 0.15) is 5.69 Å². The predicted octanol–water partition coefficient (Wildman–Crippen LogP) is 4.48. The molecule has 0 fully saturated rings. The Morgan fingerprint density at radius 1 is 1.26 bits per heavy atom. The Kier molecular flexibility index (Phi) is 4.50. The van der Waals surface area contributed by atoms with Gasteiger partial charge in [0, 0.05) is 17.1 Å². The lowest BCUT2D eigenvalue weighted by Crippen LogP contribution is -2.12. The summed E-state index contributed by atoms with van der Waals surface area (Å²) in [5, 5.41) is 5.20. The van der Waals surface area contributed by atoms with Gasteiger partial charge < -0.3 is 0 Å². The molecule has 0 radical (unpaired) electrons. The largest absolute Gasteiger partial charge is 0.287 e. The first kappa shape index (κ1) is 14.4. The average Bonchev–Trinajstić information content (AvgIpc) is 2.70. The average molecular weight is 318 g/mol. The highest BCUT2D eigenvalue weighted by atomic mass is 35.5. The first-order chi connectivity index (χ1) is 9.04. The number of hydrogen-bond acceptors (Lipinski definition) is 2. The number of rotatable bonds is 4. The Labute approximate surface area is 126 Å². The second-order valence-electron chi connectivity index (χ2n) is 4.02. The van der Waals surface area contributed by atoms with Crippen LogP contribution >= 0.6 is 34.8 Å². The van der Waals surface area contributed by atoms with Crippen molar-refractivity contribution in [1.29, 1.82) is 0 Å². The van der Waals surface area contributed by atoms with Gasteiger partial charge in [-0.2, -0.15) is 5.10 Å². The van der Waals surface area contributed by atoms with Crippen LogP contribution in [0.4, 0.5) is 0 Å². The van der Waals surface area contributed by atoms with Crippen molar-refractivity contribution in [3.63, 3.8) is 0 Å². The highest BCUT2D eigenvalue weighted by Gasteiger charge is 2.21. The van der Waals surface area contributed by atoms with Crippen molar-refractivity contribution >= 4 is 40.6 Å². The molecule has 0 N–H and O–H groups in total. The molecular formula is C13H11Cl3N2O.